The molecule has 1 aliphatic heterocycles. The Bertz CT molecular complexity index is 549. The Kier molecular flexibility index (Phi) is 3.80. The van der Waals surface area contributed by atoms with Gasteiger partial charge in [0.1, 0.15) is 0 Å². The normalized spacial score (nSPS) is 19.5. The summed E-state index contributed by atoms with van der Waals surface area (Å²) in [5, 5.41) is 8.15. The minimum Gasteiger partial charge on any atom is -0.339 e. The lowest BCUT2D eigenvalue weighted by Gasteiger charge is -2.18. The van der Waals surface area contributed by atoms with Gasteiger partial charge in [0.15, 0.2) is 5.82 Å². The predicted octanol–water partition coefficient (Wildman–Crippen LogP) is 2.78. The smallest absolute Gasteiger partial charge is 0.231 e. The topological polar surface area (TPSA) is 51.0 Å². The first-order valence-corrected chi connectivity index (χ1v) is 6.97. The minimum absolute atomic E-state index is 0.348. The van der Waals surface area contributed by atoms with Crippen molar-refractivity contribution in [2.45, 2.75) is 25.2 Å². The van der Waals surface area contributed by atoms with Gasteiger partial charge in [-0.05, 0) is 31.0 Å². The van der Waals surface area contributed by atoms with Crippen molar-refractivity contribution in [1.82, 2.24) is 15.5 Å². The summed E-state index contributed by atoms with van der Waals surface area (Å²) in [6, 6.07) is 7.75. The number of aromatic nitrogens is 2. The van der Waals surface area contributed by atoms with Crippen LogP contribution in [0, 0.1) is 0 Å². The van der Waals surface area contributed by atoms with Gasteiger partial charge in [-0.3, -0.25) is 0 Å². The molecule has 1 atom stereocenters. The highest BCUT2D eigenvalue weighted by molar-refractivity contribution is 6.31. The first-order valence-electron chi connectivity index (χ1n) is 6.59. The lowest BCUT2D eigenvalue weighted by atomic mass is 10.00. The molecule has 2 heterocycles. The molecule has 1 aliphatic rings. The highest BCUT2D eigenvalue weighted by Gasteiger charge is 2.21. The number of hydrogen-bond acceptors (Lipinski definition) is 4. The van der Waals surface area contributed by atoms with Gasteiger partial charge < -0.3 is 9.84 Å². The van der Waals surface area contributed by atoms with Crippen LogP contribution in [0.5, 0.6) is 0 Å². The van der Waals surface area contributed by atoms with E-state index >= 15 is 0 Å². The molecule has 1 aromatic heterocycles. The van der Waals surface area contributed by atoms with Crippen molar-refractivity contribution in [3.63, 3.8) is 0 Å². The van der Waals surface area contributed by atoms with Crippen LogP contribution in [0.3, 0.4) is 0 Å². The summed E-state index contributed by atoms with van der Waals surface area (Å²) in [4.78, 5) is 4.49. The van der Waals surface area contributed by atoms with Gasteiger partial charge >= 0.3 is 0 Å². The summed E-state index contributed by atoms with van der Waals surface area (Å²) in [5.74, 6) is 1.80. The van der Waals surface area contributed by atoms with Crippen molar-refractivity contribution in [2.75, 3.05) is 13.1 Å². The van der Waals surface area contributed by atoms with E-state index in [0.29, 0.717) is 18.2 Å². The van der Waals surface area contributed by atoms with Crippen molar-refractivity contribution in [2.24, 2.45) is 0 Å². The molecule has 1 N–H and O–H groups in total. The Balaban J connectivity index is 1.73. The fourth-order valence-corrected chi connectivity index (χ4v) is 2.58. The minimum atomic E-state index is 0.348. The number of rotatable bonds is 3. The van der Waals surface area contributed by atoms with Gasteiger partial charge in [0.25, 0.3) is 0 Å². The van der Waals surface area contributed by atoms with Crippen LogP contribution >= 0.6 is 11.6 Å². The van der Waals surface area contributed by atoms with E-state index in [9.17, 15) is 0 Å². The molecule has 0 unspecified atom stereocenters. The maximum Gasteiger partial charge on any atom is 0.231 e. The Hall–Kier alpha value is -1.39. The van der Waals surface area contributed by atoms with Crippen molar-refractivity contribution in [3.05, 3.63) is 46.6 Å². The zero-order valence-electron chi connectivity index (χ0n) is 10.6. The lowest BCUT2D eigenvalue weighted by Crippen LogP contribution is -2.28. The van der Waals surface area contributed by atoms with Crippen LogP contribution in [-0.4, -0.2) is 23.2 Å². The molecule has 100 valence electrons. The van der Waals surface area contributed by atoms with Crippen LogP contribution < -0.4 is 5.32 Å². The Morgan fingerprint density at radius 1 is 1.37 bits per heavy atom. The monoisotopic (exact) mass is 277 g/mol. The van der Waals surface area contributed by atoms with Gasteiger partial charge in [0.05, 0.1) is 5.92 Å². The van der Waals surface area contributed by atoms with E-state index in [1.807, 2.05) is 24.3 Å². The fraction of sp³-hybridized carbons (Fsp3) is 0.429. The first kappa shape index (κ1) is 12.6. The Morgan fingerprint density at radius 3 is 3.05 bits per heavy atom. The molecule has 4 nitrogen and oxygen atoms in total. The van der Waals surface area contributed by atoms with Crippen molar-refractivity contribution >= 4 is 11.6 Å². The van der Waals surface area contributed by atoms with Gasteiger partial charge in [0, 0.05) is 18.0 Å². The summed E-state index contributed by atoms with van der Waals surface area (Å²) < 4.78 is 5.37. The van der Waals surface area contributed by atoms with Crippen LogP contribution in [0.15, 0.2) is 28.8 Å². The number of halogens is 1. The molecule has 5 heteroatoms. The molecule has 1 aromatic carbocycles. The Labute approximate surface area is 117 Å². The quantitative estimate of drug-likeness (QED) is 0.937. The molecule has 19 heavy (non-hydrogen) atoms. The van der Waals surface area contributed by atoms with E-state index in [2.05, 4.69) is 15.5 Å². The van der Waals surface area contributed by atoms with E-state index in [1.165, 1.54) is 0 Å². The number of piperidine rings is 1. The zero-order valence-corrected chi connectivity index (χ0v) is 11.4. The van der Waals surface area contributed by atoms with Crippen LogP contribution in [-0.2, 0) is 6.42 Å². The number of nitrogens with zero attached hydrogens (tertiary/aromatic N) is 2. The van der Waals surface area contributed by atoms with Crippen LogP contribution in [0.25, 0.3) is 0 Å². The van der Waals surface area contributed by atoms with Crippen LogP contribution in [0.1, 0.15) is 36.0 Å². The van der Waals surface area contributed by atoms with E-state index in [1.54, 1.807) is 0 Å². The number of nitrogens with one attached hydrogen (secondary N) is 1. The molecule has 0 radical (unpaired) electrons. The number of benzene rings is 1. The summed E-state index contributed by atoms with van der Waals surface area (Å²) in [6.45, 7) is 2.00. The summed E-state index contributed by atoms with van der Waals surface area (Å²) >= 11 is 6.13. The van der Waals surface area contributed by atoms with Crippen LogP contribution in [0.4, 0.5) is 0 Å². The van der Waals surface area contributed by atoms with E-state index in [-0.39, 0.29) is 0 Å². The summed E-state index contributed by atoms with van der Waals surface area (Å²) in [7, 11) is 0. The van der Waals surface area contributed by atoms with Gasteiger partial charge in [-0.25, -0.2) is 0 Å². The molecular formula is C14H16ClN3O. The van der Waals surface area contributed by atoms with E-state index < -0.39 is 0 Å². The molecule has 0 bridgehead atoms. The second kappa shape index (κ2) is 5.72. The second-order valence-corrected chi connectivity index (χ2v) is 5.27. The summed E-state index contributed by atoms with van der Waals surface area (Å²) in [6.07, 6.45) is 2.89. The fourth-order valence-electron chi connectivity index (χ4n) is 2.38. The summed E-state index contributed by atoms with van der Waals surface area (Å²) in [5.41, 5.74) is 1.03. The largest absolute Gasteiger partial charge is 0.339 e. The highest BCUT2D eigenvalue weighted by Crippen LogP contribution is 2.23. The average molecular weight is 278 g/mol. The van der Waals surface area contributed by atoms with E-state index in [4.69, 9.17) is 16.1 Å². The van der Waals surface area contributed by atoms with Crippen LogP contribution in [0.2, 0.25) is 5.02 Å². The molecule has 2 aromatic rings. The Morgan fingerprint density at radius 2 is 2.26 bits per heavy atom. The second-order valence-electron chi connectivity index (χ2n) is 4.86. The van der Waals surface area contributed by atoms with E-state index in [0.717, 1.165) is 42.4 Å². The molecule has 1 fully saturated rings. The molecule has 3 rings (SSSR count). The van der Waals surface area contributed by atoms with Crippen molar-refractivity contribution in [1.29, 1.82) is 0 Å². The molecular weight excluding hydrogens is 262 g/mol. The molecule has 0 spiro atoms. The molecule has 1 saturated heterocycles. The van der Waals surface area contributed by atoms with Gasteiger partial charge in [-0.1, -0.05) is 35.0 Å². The van der Waals surface area contributed by atoms with Gasteiger partial charge in [0.2, 0.25) is 5.89 Å². The number of hydrogen-bond donors (Lipinski definition) is 1. The first-order chi connectivity index (χ1) is 9.33. The standard InChI is InChI=1S/C14H16ClN3O/c15-12-6-2-1-4-10(12)8-13-17-14(19-18-13)11-5-3-7-16-9-11/h1-2,4,6,11,16H,3,5,7-9H2/t11-/m1/s1. The third-order valence-corrected chi connectivity index (χ3v) is 3.81. The lowest BCUT2D eigenvalue weighted by molar-refractivity contribution is 0.320. The highest BCUT2D eigenvalue weighted by atomic mass is 35.5. The molecule has 0 aliphatic carbocycles. The van der Waals surface area contributed by atoms with Gasteiger partial charge in [-0.2, -0.15) is 4.98 Å². The maximum atomic E-state index is 6.13. The van der Waals surface area contributed by atoms with Crippen molar-refractivity contribution in [3.8, 4) is 0 Å². The third-order valence-electron chi connectivity index (χ3n) is 3.44. The zero-order chi connectivity index (χ0) is 13.1. The van der Waals surface area contributed by atoms with Crippen molar-refractivity contribution < 1.29 is 4.52 Å². The SMILES string of the molecule is Clc1ccccc1Cc1noc([C@@H]2CCCNC2)n1. The molecule has 0 saturated carbocycles. The third kappa shape index (κ3) is 2.96. The average Bonchev–Trinajstić information content (AvgIpc) is 2.91. The van der Waals surface area contributed by atoms with Gasteiger partial charge in [-0.15, -0.1) is 0 Å². The maximum absolute atomic E-state index is 6.13. The predicted molar refractivity (Wildman–Crippen MR) is 73.4 cm³/mol. The molecule has 0 amide bonds.